The normalized spacial score (nSPS) is 14.4. The monoisotopic (exact) mass is 463 g/mol. The molecule has 10 heteroatoms. The van der Waals surface area contributed by atoms with Crippen LogP contribution in [0, 0.1) is 11.6 Å². The van der Waals surface area contributed by atoms with Crippen molar-refractivity contribution in [2.45, 2.75) is 25.1 Å². The highest BCUT2D eigenvalue weighted by molar-refractivity contribution is 6.35. The number of nitrogens with zero attached hydrogens (tertiary/aromatic N) is 5. The van der Waals surface area contributed by atoms with Crippen LogP contribution in [0.15, 0.2) is 61.4 Å². The Morgan fingerprint density at radius 1 is 1.06 bits per heavy atom. The highest BCUT2D eigenvalue weighted by atomic mass is 35.5. The Balaban J connectivity index is 1.76. The maximum Gasteiger partial charge on any atom is 0.137 e. The second-order valence-electron chi connectivity index (χ2n) is 7.18. The summed E-state index contributed by atoms with van der Waals surface area (Å²) in [6.07, 6.45) is 6.00. The Bertz CT molecular complexity index is 1190. The molecule has 0 spiro atoms. The van der Waals surface area contributed by atoms with Crippen LogP contribution in [0.4, 0.5) is 8.78 Å². The average Bonchev–Trinajstić information content (AvgIpc) is 3.38. The lowest BCUT2D eigenvalue weighted by molar-refractivity contribution is -0.0368. The van der Waals surface area contributed by atoms with Crippen LogP contribution in [0.5, 0.6) is 0 Å². The number of hydrogen-bond acceptors (Lipinski definition) is 4. The fraction of sp³-hybridized carbons (Fsp3) is 0.190. The van der Waals surface area contributed by atoms with Crippen LogP contribution in [-0.2, 0) is 12.1 Å². The van der Waals surface area contributed by atoms with E-state index in [0.29, 0.717) is 15.6 Å². The molecule has 0 saturated carbocycles. The molecule has 0 fully saturated rings. The number of halogens is 4. The minimum absolute atomic E-state index is 0.0836. The highest BCUT2D eigenvalue weighted by Crippen LogP contribution is 2.37. The summed E-state index contributed by atoms with van der Waals surface area (Å²) in [6, 6.07) is 7.38. The van der Waals surface area contributed by atoms with Crippen LogP contribution in [0.3, 0.4) is 0 Å². The van der Waals surface area contributed by atoms with Gasteiger partial charge in [0.25, 0.3) is 0 Å². The van der Waals surface area contributed by atoms with Crippen LogP contribution in [0.25, 0.3) is 11.1 Å². The highest BCUT2D eigenvalue weighted by Gasteiger charge is 2.40. The van der Waals surface area contributed by atoms with E-state index in [9.17, 15) is 13.9 Å². The van der Waals surface area contributed by atoms with Gasteiger partial charge in [-0.15, -0.1) is 0 Å². The third-order valence-corrected chi connectivity index (χ3v) is 5.59. The molecule has 0 amide bonds. The van der Waals surface area contributed by atoms with Crippen LogP contribution in [-0.4, -0.2) is 29.7 Å². The van der Waals surface area contributed by atoms with Crippen LogP contribution >= 0.6 is 23.2 Å². The first-order chi connectivity index (χ1) is 14.8. The molecule has 160 valence electrons. The van der Waals surface area contributed by atoms with E-state index in [2.05, 4.69) is 15.2 Å². The van der Waals surface area contributed by atoms with Gasteiger partial charge in [-0.1, -0.05) is 29.3 Å². The third-order valence-electron chi connectivity index (χ3n) is 5.15. The molecule has 4 rings (SSSR count). The quantitative estimate of drug-likeness (QED) is 0.442. The molecular formula is C21H17Cl2F2N5O. The Hall–Kier alpha value is -2.81. The first-order valence-corrected chi connectivity index (χ1v) is 10.0. The van der Waals surface area contributed by atoms with Gasteiger partial charge < -0.3 is 5.11 Å². The predicted octanol–water partition coefficient (Wildman–Crippen LogP) is 4.88. The fourth-order valence-corrected chi connectivity index (χ4v) is 4.01. The van der Waals surface area contributed by atoms with Crippen molar-refractivity contribution in [1.29, 1.82) is 0 Å². The van der Waals surface area contributed by atoms with Crippen LogP contribution < -0.4 is 0 Å². The van der Waals surface area contributed by atoms with Crippen molar-refractivity contribution < 1.29 is 13.9 Å². The largest absolute Gasteiger partial charge is 0.381 e. The molecule has 0 saturated heterocycles. The van der Waals surface area contributed by atoms with Gasteiger partial charge in [0.05, 0.1) is 18.8 Å². The Morgan fingerprint density at radius 2 is 1.81 bits per heavy atom. The van der Waals surface area contributed by atoms with Gasteiger partial charge in [0.15, 0.2) is 0 Å². The first kappa shape index (κ1) is 21.4. The van der Waals surface area contributed by atoms with E-state index in [1.165, 1.54) is 28.1 Å². The number of benzene rings is 2. The Kier molecular flexibility index (Phi) is 5.79. The second kappa shape index (κ2) is 8.37. The summed E-state index contributed by atoms with van der Waals surface area (Å²) in [5.74, 6) is -1.61. The van der Waals surface area contributed by atoms with Crippen LogP contribution in [0.2, 0.25) is 10.0 Å². The molecular weight excluding hydrogens is 447 g/mol. The van der Waals surface area contributed by atoms with E-state index < -0.39 is 23.3 Å². The van der Waals surface area contributed by atoms with Gasteiger partial charge >= 0.3 is 0 Å². The molecule has 31 heavy (non-hydrogen) atoms. The van der Waals surface area contributed by atoms with E-state index in [4.69, 9.17) is 23.2 Å². The predicted molar refractivity (Wildman–Crippen MR) is 113 cm³/mol. The standard InChI is InChI=1S/C21H17Cl2F2N5O/c1-13(30-9-15(8-27-30)14-4-16(22)6-17(23)5-14)21(31,10-29-12-26-11-28-29)19-3-2-18(24)7-20(19)25/h2-9,11-13,31H,10H2,1H3/t13-,21-/m1/s1. The minimum atomic E-state index is -1.82. The van der Waals surface area contributed by atoms with Gasteiger partial charge in [-0.25, -0.2) is 18.4 Å². The summed E-state index contributed by atoms with van der Waals surface area (Å²) in [6.45, 7) is 1.55. The van der Waals surface area contributed by atoms with Crippen molar-refractivity contribution in [2.75, 3.05) is 0 Å². The van der Waals surface area contributed by atoms with E-state index in [1.54, 1.807) is 37.5 Å². The van der Waals surface area contributed by atoms with E-state index >= 15 is 0 Å². The summed E-state index contributed by atoms with van der Waals surface area (Å²) < 4.78 is 31.1. The van der Waals surface area contributed by atoms with Gasteiger partial charge in [-0.2, -0.15) is 10.2 Å². The van der Waals surface area contributed by atoms with E-state index in [1.807, 2.05) is 0 Å². The van der Waals surface area contributed by atoms with Gasteiger partial charge in [-0.3, -0.25) is 4.68 Å². The summed E-state index contributed by atoms with van der Waals surface area (Å²) in [5, 5.41) is 21.0. The van der Waals surface area contributed by atoms with Gasteiger partial charge in [0.2, 0.25) is 0 Å². The van der Waals surface area contributed by atoms with Crippen molar-refractivity contribution in [3.05, 3.63) is 88.7 Å². The maximum atomic E-state index is 14.7. The van der Waals surface area contributed by atoms with Gasteiger partial charge in [0, 0.05) is 33.4 Å². The summed E-state index contributed by atoms with van der Waals surface area (Å²) in [5.41, 5.74) is -0.455. The number of rotatable bonds is 6. The molecule has 2 atom stereocenters. The molecule has 6 nitrogen and oxygen atoms in total. The molecule has 4 aromatic rings. The molecule has 0 aliphatic rings. The second-order valence-corrected chi connectivity index (χ2v) is 8.06. The van der Waals surface area contributed by atoms with Crippen molar-refractivity contribution in [1.82, 2.24) is 24.5 Å². The minimum Gasteiger partial charge on any atom is -0.381 e. The summed E-state index contributed by atoms with van der Waals surface area (Å²) in [4.78, 5) is 3.87. The van der Waals surface area contributed by atoms with Crippen molar-refractivity contribution in [3.63, 3.8) is 0 Å². The molecule has 0 aliphatic heterocycles. The Morgan fingerprint density at radius 3 is 2.45 bits per heavy atom. The zero-order valence-corrected chi connectivity index (χ0v) is 17.8. The third kappa shape index (κ3) is 4.32. The summed E-state index contributed by atoms with van der Waals surface area (Å²) in [7, 11) is 0. The molecule has 0 radical (unpaired) electrons. The zero-order chi connectivity index (χ0) is 22.2. The van der Waals surface area contributed by atoms with Crippen LogP contribution in [0.1, 0.15) is 18.5 Å². The van der Waals surface area contributed by atoms with E-state index in [0.717, 1.165) is 17.7 Å². The van der Waals surface area contributed by atoms with Gasteiger partial charge in [0.1, 0.15) is 29.9 Å². The number of aromatic nitrogens is 5. The lowest BCUT2D eigenvalue weighted by atomic mass is 9.86. The molecule has 1 N–H and O–H groups in total. The lowest BCUT2D eigenvalue weighted by Crippen LogP contribution is -2.40. The SMILES string of the molecule is C[C@@H](n1cc(-c2cc(Cl)cc(Cl)c2)cn1)[C@](O)(Cn1cncn1)c1ccc(F)cc1F. The topological polar surface area (TPSA) is 68.8 Å². The lowest BCUT2D eigenvalue weighted by Gasteiger charge is -2.34. The molecule has 2 aromatic heterocycles. The van der Waals surface area contributed by atoms with Crippen molar-refractivity contribution in [3.8, 4) is 11.1 Å². The summed E-state index contributed by atoms with van der Waals surface area (Å²) >= 11 is 12.2. The molecule has 2 aromatic carbocycles. The maximum absolute atomic E-state index is 14.7. The number of hydrogen-bond donors (Lipinski definition) is 1. The molecule has 0 bridgehead atoms. The smallest absolute Gasteiger partial charge is 0.137 e. The van der Waals surface area contributed by atoms with Gasteiger partial charge in [-0.05, 0) is 36.8 Å². The van der Waals surface area contributed by atoms with Crippen molar-refractivity contribution >= 4 is 23.2 Å². The first-order valence-electron chi connectivity index (χ1n) is 9.27. The zero-order valence-electron chi connectivity index (χ0n) is 16.3. The van der Waals surface area contributed by atoms with E-state index in [-0.39, 0.29) is 12.1 Å². The average molecular weight is 464 g/mol. The number of aliphatic hydroxyl groups is 1. The fourth-order valence-electron chi connectivity index (χ4n) is 3.48. The Labute approximate surface area is 186 Å². The molecule has 2 heterocycles. The van der Waals surface area contributed by atoms with Crippen molar-refractivity contribution in [2.24, 2.45) is 0 Å². The molecule has 0 aliphatic carbocycles. The molecule has 0 unspecified atom stereocenters.